The first kappa shape index (κ1) is 31.1. The number of quaternary nitrogens is 1. The number of carbonyl (C=O) groups excluding carboxylic acids is 3. The summed E-state index contributed by atoms with van der Waals surface area (Å²) < 4.78 is 65.2. The number of nitrogens with zero attached hydrogens (tertiary/aromatic N) is 1. The lowest BCUT2D eigenvalue weighted by Crippen LogP contribution is -2.65. The van der Waals surface area contributed by atoms with E-state index in [1.807, 2.05) is 17.5 Å². The zero-order valence-electron chi connectivity index (χ0n) is 22.1. The maximum absolute atomic E-state index is 13.5. The normalized spacial score (nSPS) is 21.9. The molecule has 224 valence electrons. The number of hydrogen-bond donors (Lipinski definition) is 1. The second-order valence-electron chi connectivity index (χ2n) is 10.3. The lowest BCUT2D eigenvalue weighted by molar-refractivity contribution is -0.938. The number of carbonyl (C=O) groups is 3. The lowest BCUT2D eigenvalue weighted by Gasteiger charge is -2.51. The number of halogens is 5. The van der Waals surface area contributed by atoms with E-state index in [-0.39, 0.29) is 23.6 Å². The highest BCUT2D eigenvalue weighted by Gasteiger charge is 2.49. The van der Waals surface area contributed by atoms with E-state index in [0.29, 0.717) is 28.8 Å². The predicted octanol–water partition coefficient (Wildman–Crippen LogP) is 4.51. The van der Waals surface area contributed by atoms with Crippen molar-refractivity contribution in [2.24, 2.45) is 5.92 Å². The number of fused-ring (bicyclic) bond motifs is 3. The number of nitrogens with one attached hydrogen (secondary N) is 1. The molecule has 2 aromatic carbocycles. The smallest absolute Gasteiger partial charge is 0.430 e. The molecule has 0 aliphatic carbocycles. The molecule has 3 saturated heterocycles. The highest BCUT2D eigenvalue weighted by Crippen LogP contribution is 2.37. The first-order valence-electron chi connectivity index (χ1n) is 13.0. The van der Waals surface area contributed by atoms with Crippen LogP contribution in [0.25, 0.3) is 0 Å². The Labute approximate surface area is 242 Å². The molecule has 7 nitrogen and oxygen atoms in total. The Balaban J connectivity index is 0.000000517. The van der Waals surface area contributed by atoms with E-state index >= 15 is 0 Å². The van der Waals surface area contributed by atoms with E-state index in [1.54, 1.807) is 24.3 Å². The summed E-state index contributed by atoms with van der Waals surface area (Å²) in [5.74, 6) is -3.87. The zero-order valence-corrected chi connectivity index (χ0v) is 22.9. The van der Waals surface area contributed by atoms with Gasteiger partial charge in [-0.1, -0.05) is 18.2 Å². The van der Waals surface area contributed by atoms with Gasteiger partial charge in [0.25, 0.3) is 0 Å². The predicted molar refractivity (Wildman–Crippen MR) is 141 cm³/mol. The van der Waals surface area contributed by atoms with Gasteiger partial charge in [-0.25, -0.2) is 13.6 Å². The minimum atomic E-state index is -5.19. The fourth-order valence-electron chi connectivity index (χ4n) is 5.26. The van der Waals surface area contributed by atoms with Gasteiger partial charge in [-0.15, -0.1) is 11.3 Å². The minimum Gasteiger partial charge on any atom is -0.542 e. The monoisotopic (exact) mass is 610 g/mol. The van der Waals surface area contributed by atoms with Gasteiger partial charge in [0, 0.05) is 24.4 Å². The Bertz CT molecular complexity index is 1370. The first-order valence-corrected chi connectivity index (χ1v) is 13.9. The molecule has 3 aliphatic heterocycles. The van der Waals surface area contributed by atoms with Gasteiger partial charge in [0.05, 0.1) is 18.0 Å². The molecule has 1 aromatic heterocycles. The van der Waals surface area contributed by atoms with Crippen LogP contribution < -0.4 is 10.4 Å². The summed E-state index contributed by atoms with van der Waals surface area (Å²) in [5.41, 5.74) is 1.11. The number of piperidine rings is 3. The van der Waals surface area contributed by atoms with Crippen molar-refractivity contribution in [3.63, 3.8) is 0 Å². The van der Waals surface area contributed by atoms with Crippen LogP contribution in [0, 0.1) is 17.6 Å². The average molecular weight is 611 g/mol. The van der Waals surface area contributed by atoms with Gasteiger partial charge in [-0.3, -0.25) is 4.79 Å². The molecule has 2 unspecified atom stereocenters. The van der Waals surface area contributed by atoms with Gasteiger partial charge in [0.1, 0.15) is 30.7 Å². The Hall–Kier alpha value is -3.84. The van der Waals surface area contributed by atoms with E-state index in [1.165, 1.54) is 35.6 Å². The van der Waals surface area contributed by atoms with Gasteiger partial charge < -0.3 is 24.4 Å². The summed E-state index contributed by atoms with van der Waals surface area (Å²) in [6.45, 7) is 2.84. The van der Waals surface area contributed by atoms with Crippen LogP contribution in [0.4, 0.5) is 27.6 Å². The highest BCUT2D eigenvalue weighted by molar-refractivity contribution is 7.12. The molecular weight excluding hydrogens is 583 g/mol. The number of Topliss-reactive ketones (excluding diaryl/α,β-unsaturated/α-hetero) is 1. The van der Waals surface area contributed by atoms with E-state index in [2.05, 4.69) is 5.32 Å². The fraction of sp³-hybridized carbons (Fsp3) is 0.345. The third-order valence-electron chi connectivity index (χ3n) is 7.41. The molecule has 0 amide bonds. The van der Waals surface area contributed by atoms with Crippen molar-refractivity contribution >= 4 is 34.7 Å². The molecule has 3 fully saturated rings. The molecule has 0 radical (unpaired) electrons. The van der Waals surface area contributed by atoms with E-state index < -0.39 is 30.0 Å². The molecule has 3 aromatic rings. The van der Waals surface area contributed by atoms with Crippen molar-refractivity contribution in [3.8, 4) is 0 Å². The number of alkyl halides is 3. The quantitative estimate of drug-likeness (QED) is 0.175. The highest BCUT2D eigenvalue weighted by atomic mass is 32.1. The summed E-state index contributed by atoms with van der Waals surface area (Å²) in [4.78, 5) is 35.8. The molecule has 1 N–H and O–H groups in total. The number of carboxylic acids is 1. The topological polar surface area (TPSA) is 95.5 Å². The molecular formula is C29H27F5N2O5S. The molecule has 0 spiro atoms. The van der Waals surface area contributed by atoms with Crippen LogP contribution in [-0.4, -0.2) is 60.7 Å². The maximum Gasteiger partial charge on any atom is 0.430 e. The molecule has 3 aliphatic rings. The number of benzene rings is 2. The second kappa shape index (κ2) is 13.0. The summed E-state index contributed by atoms with van der Waals surface area (Å²) in [5, 5.41) is 13.8. The minimum absolute atomic E-state index is 0.132. The molecule has 6 rings (SSSR count). The maximum atomic E-state index is 13.5. The molecule has 4 heterocycles. The molecule has 2 atom stereocenters. The van der Waals surface area contributed by atoms with Gasteiger partial charge >= 0.3 is 12.1 Å². The van der Waals surface area contributed by atoms with Crippen molar-refractivity contribution in [3.05, 3.63) is 88.1 Å². The molecule has 0 saturated carbocycles. The second-order valence-corrected chi connectivity index (χ2v) is 11.2. The van der Waals surface area contributed by atoms with Gasteiger partial charge in [0.2, 0.25) is 5.78 Å². The van der Waals surface area contributed by atoms with Crippen molar-refractivity contribution in [1.29, 1.82) is 0 Å². The van der Waals surface area contributed by atoms with Crippen LogP contribution in [0.1, 0.15) is 34.1 Å². The SMILES string of the molecule is O=C(C[N+]12CCC(CC1)C(OC(=O)C(Nc1ccc(F)cc1)c1ccc(F)cc1)C2)c1cccs1.O=C([O-])C(F)(F)F. The Kier molecular flexibility index (Phi) is 9.62. The molecule has 2 bridgehead atoms. The van der Waals surface area contributed by atoms with Crippen molar-refractivity contribution < 1.29 is 50.7 Å². The summed E-state index contributed by atoms with van der Waals surface area (Å²) >= 11 is 1.45. The number of hydrogen-bond acceptors (Lipinski definition) is 7. The van der Waals surface area contributed by atoms with Crippen LogP contribution in [0.15, 0.2) is 66.0 Å². The summed E-state index contributed by atoms with van der Waals surface area (Å²) in [6, 6.07) is 14.2. The third-order valence-corrected chi connectivity index (χ3v) is 8.32. The summed E-state index contributed by atoms with van der Waals surface area (Å²) in [7, 11) is 0. The number of thiophene rings is 1. The standard InChI is InChI=1S/C27H27F2N2O3S.C2HF3O2/c28-20-5-3-19(4-6-20)26(30-22-9-7-21(29)8-10-22)27(33)34-24-17-31(13-11-18(24)12-14-31)16-23(32)25-2-1-15-35-25;3-2(4,5)1(6)7/h1-10,15,18,24,26,30H,11-14,16-17H2;(H,6,7)/q+1;/p-1. The van der Waals surface area contributed by atoms with E-state index in [0.717, 1.165) is 30.8 Å². The van der Waals surface area contributed by atoms with Crippen LogP contribution in [0.5, 0.6) is 0 Å². The van der Waals surface area contributed by atoms with Crippen molar-refractivity contribution in [2.75, 3.05) is 31.5 Å². The Morgan fingerprint density at radius 1 is 0.976 bits per heavy atom. The van der Waals surface area contributed by atoms with Gasteiger partial charge in [-0.05, 0) is 53.4 Å². The Morgan fingerprint density at radius 2 is 1.55 bits per heavy atom. The molecule has 13 heteroatoms. The van der Waals surface area contributed by atoms with Crippen LogP contribution >= 0.6 is 11.3 Å². The third kappa shape index (κ3) is 7.91. The zero-order chi connectivity index (χ0) is 30.5. The number of carboxylic acid groups (broad SMARTS) is 1. The molecule has 42 heavy (non-hydrogen) atoms. The first-order chi connectivity index (χ1) is 19.8. The van der Waals surface area contributed by atoms with Crippen LogP contribution in [-0.2, 0) is 14.3 Å². The van der Waals surface area contributed by atoms with Crippen molar-refractivity contribution in [2.45, 2.75) is 31.2 Å². The Morgan fingerprint density at radius 3 is 2.07 bits per heavy atom. The summed E-state index contributed by atoms with van der Waals surface area (Å²) in [6.07, 6.45) is -3.68. The average Bonchev–Trinajstić information content (AvgIpc) is 3.49. The van der Waals surface area contributed by atoms with Crippen molar-refractivity contribution in [1.82, 2.24) is 0 Å². The van der Waals surface area contributed by atoms with Crippen LogP contribution in [0.2, 0.25) is 0 Å². The number of anilines is 1. The fourth-order valence-corrected chi connectivity index (χ4v) is 5.92. The lowest BCUT2D eigenvalue weighted by atomic mass is 9.83. The van der Waals surface area contributed by atoms with E-state index in [9.17, 15) is 31.5 Å². The van der Waals surface area contributed by atoms with Gasteiger partial charge in [-0.2, -0.15) is 13.2 Å². The number of rotatable bonds is 8. The van der Waals surface area contributed by atoms with E-state index in [4.69, 9.17) is 14.6 Å². The number of aliphatic carboxylic acids is 1. The number of ketones is 1. The number of esters is 1. The van der Waals surface area contributed by atoms with Crippen LogP contribution in [0.3, 0.4) is 0 Å². The largest absolute Gasteiger partial charge is 0.542 e. The number of ether oxygens (including phenoxy) is 1. The van der Waals surface area contributed by atoms with Gasteiger partial charge in [0.15, 0.2) is 12.1 Å².